The molecule has 2 aliphatic heterocycles. The van der Waals surface area contributed by atoms with Gasteiger partial charge in [0.05, 0.1) is 11.6 Å². The molecule has 2 aromatic rings. The topological polar surface area (TPSA) is 38.8 Å². The molecule has 1 saturated heterocycles. The van der Waals surface area contributed by atoms with E-state index >= 15 is 0 Å². The Morgan fingerprint density at radius 1 is 1.19 bits per heavy atom. The Morgan fingerprint density at radius 2 is 2.00 bits per heavy atom. The molecule has 1 fully saturated rings. The number of esters is 1. The summed E-state index contributed by atoms with van der Waals surface area (Å²) in [5.74, 6) is 1.38. The summed E-state index contributed by atoms with van der Waals surface area (Å²) in [5.41, 5.74) is 1.73. The van der Waals surface area contributed by atoms with Gasteiger partial charge in [-0.3, -0.25) is 4.90 Å². The lowest BCUT2D eigenvalue weighted by Crippen LogP contribution is -2.49. The van der Waals surface area contributed by atoms with Gasteiger partial charge in [0.15, 0.2) is 11.5 Å². The molecule has 4 rings (SSSR count). The summed E-state index contributed by atoms with van der Waals surface area (Å²) in [6.07, 6.45) is 3.52. The van der Waals surface area contributed by atoms with Crippen molar-refractivity contribution < 1.29 is 14.3 Å². The maximum Gasteiger partial charge on any atom is 0.343 e. The van der Waals surface area contributed by atoms with Gasteiger partial charge < -0.3 is 9.47 Å². The number of carbonyl (C=O) groups is 1. The summed E-state index contributed by atoms with van der Waals surface area (Å²) in [6, 6.07) is 15.4. The van der Waals surface area contributed by atoms with Crippen LogP contribution in [-0.4, -0.2) is 36.6 Å². The number of likely N-dealkylation sites (tertiary alicyclic amines) is 1. The van der Waals surface area contributed by atoms with Crippen LogP contribution in [0.2, 0.25) is 0 Å². The molecule has 2 heterocycles. The predicted octanol–water partition coefficient (Wildman–Crippen LogP) is 4.68. The minimum absolute atomic E-state index is 0. The minimum Gasteiger partial charge on any atom is -0.488 e. The summed E-state index contributed by atoms with van der Waals surface area (Å²) in [7, 11) is 0. The number of carbonyl (C=O) groups excluding carboxylic acids is 1. The third-order valence-electron chi connectivity index (χ3n) is 5.42. The van der Waals surface area contributed by atoms with Gasteiger partial charge in [0.25, 0.3) is 0 Å². The summed E-state index contributed by atoms with van der Waals surface area (Å²) in [5, 5.41) is 0. The number of para-hydroxylation sites is 1. The first-order valence-electron chi connectivity index (χ1n) is 9.55. The Kier molecular flexibility index (Phi) is 6.40. The number of piperidine rings is 1. The molecule has 0 unspecified atom stereocenters. The molecule has 0 bridgehead atoms. The van der Waals surface area contributed by atoms with Gasteiger partial charge in [-0.05, 0) is 50.6 Å². The molecule has 0 amide bonds. The molecule has 2 aromatic carbocycles. The van der Waals surface area contributed by atoms with Gasteiger partial charge in [0.2, 0.25) is 0 Å². The standard InChI is InChI=1S/C22H25NO3.ClH/c1-2-13-23-14-7-11-17-18-10-6-12-20(21(18)25-15-19(17)23)26-22(24)16-8-4-3-5-9-16;/h3-6,8-10,12,17,19H,2,7,11,13-15H2,1H3;1H/t17-,19-;/m0./s1. The van der Waals surface area contributed by atoms with Crippen LogP contribution in [0.5, 0.6) is 11.5 Å². The maximum atomic E-state index is 12.4. The SMILES string of the molecule is CCCN1CCC[C@H]2c3cccc(OC(=O)c4ccccc4)c3OC[C@@H]21.Cl. The zero-order valence-corrected chi connectivity index (χ0v) is 16.4. The largest absolute Gasteiger partial charge is 0.488 e. The molecule has 2 atom stereocenters. The molecule has 0 radical (unpaired) electrons. The molecule has 0 spiro atoms. The number of halogens is 1. The summed E-state index contributed by atoms with van der Waals surface area (Å²) >= 11 is 0. The average molecular weight is 388 g/mol. The molecule has 0 aliphatic carbocycles. The van der Waals surface area contributed by atoms with E-state index < -0.39 is 0 Å². The zero-order chi connectivity index (χ0) is 17.9. The second-order valence-corrected chi connectivity index (χ2v) is 7.09. The third kappa shape index (κ3) is 3.97. The first-order valence-corrected chi connectivity index (χ1v) is 9.55. The Balaban J connectivity index is 0.00000210. The van der Waals surface area contributed by atoms with Crippen LogP contribution in [-0.2, 0) is 0 Å². The van der Waals surface area contributed by atoms with Crippen molar-refractivity contribution in [3.05, 3.63) is 59.7 Å². The minimum atomic E-state index is -0.346. The number of fused-ring (bicyclic) bond motifs is 3. The van der Waals surface area contributed by atoms with Crippen LogP contribution in [0.15, 0.2) is 48.5 Å². The summed E-state index contributed by atoms with van der Waals surface area (Å²) < 4.78 is 11.8. The van der Waals surface area contributed by atoms with Crippen LogP contribution in [0.1, 0.15) is 48.0 Å². The number of rotatable bonds is 4. The number of hydrogen-bond acceptors (Lipinski definition) is 4. The van der Waals surface area contributed by atoms with Crippen LogP contribution in [0.25, 0.3) is 0 Å². The van der Waals surface area contributed by atoms with Crippen molar-refractivity contribution >= 4 is 18.4 Å². The zero-order valence-electron chi connectivity index (χ0n) is 15.6. The molecule has 27 heavy (non-hydrogen) atoms. The van der Waals surface area contributed by atoms with Gasteiger partial charge in [-0.1, -0.05) is 37.3 Å². The van der Waals surface area contributed by atoms with E-state index in [-0.39, 0.29) is 18.4 Å². The summed E-state index contributed by atoms with van der Waals surface area (Å²) in [4.78, 5) is 15.0. The van der Waals surface area contributed by atoms with E-state index in [1.165, 1.54) is 12.0 Å². The lowest BCUT2D eigenvalue weighted by Gasteiger charge is -2.44. The quantitative estimate of drug-likeness (QED) is 0.564. The first kappa shape index (κ1) is 19.7. The predicted molar refractivity (Wildman–Crippen MR) is 108 cm³/mol. The van der Waals surface area contributed by atoms with E-state index in [1.54, 1.807) is 12.1 Å². The molecule has 144 valence electrons. The van der Waals surface area contributed by atoms with Gasteiger partial charge in [0.1, 0.15) is 6.61 Å². The second-order valence-electron chi connectivity index (χ2n) is 7.09. The normalized spacial score (nSPS) is 21.2. The first-order chi connectivity index (χ1) is 12.8. The van der Waals surface area contributed by atoms with Crippen LogP contribution < -0.4 is 9.47 Å². The van der Waals surface area contributed by atoms with Crippen molar-refractivity contribution in [2.24, 2.45) is 0 Å². The average Bonchev–Trinajstić information content (AvgIpc) is 2.69. The Labute approximate surface area is 166 Å². The Hall–Kier alpha value is -2.04. The molecular formula is C22H26ClNO3. The monoisotopic (exact) mass is 387 g/mol. The molecule has 0 aromatic heterocycles. The molecule has 5 heteroatoms. The fourth-order valence-corrected chi connectivity index (χ4v) is 4.24. The second kappa shape index (κ2) is 8.77. The summed E-state index contributed by atoms with van der Waals surface area (Å²) in [6.45, 7) is 5.15. The van der Waals surface area contributed by atoms with Gasteiger partial charge in [0, 0.05) is 11.5 Å². The van der Waals surface area contributed by atoms with E-state index in [9.17, 15) is 4.79 Å². The fraction of sp³-hybridized carbons (Fsp3) is 0.409. The van der Waals surface area contributed by atoms with Crippen LogP contribution >= 0.6 is 12.4 Å². The number of hydrogen-bond donors (Lipinski definition) is 0. The van der Waals surface area contributed by atoms with Crippen molar-refractivity contribution in [3.63, 3.8) is 0 Å². The Morgan fingerprint density at radius 3 is 2.78 bits per heavy atom. The van der Waals surface area contributed by atoms with Gasteiger partial charge >= 0.3 is 5.97 Å². The van der Waals surface area contributed by atoms with Crippen molar-refractivity contribution in [1.82, 2.24) is 4.90 Å². The lowest BCUT2D eigenvalue weighted by atomic mass is 9.81. The van der Waals surface area contributed by atoms with E-state index in [0.717, 1.165) is 31.7 Å². The maximum absolute atomic E-state index is 12.4. The van der Waals surface area contributed by atoms with Gasteiger partial charge in [-0.15, -0.1) is 12.4 Å². The molecule has 2 aliphatic rings. The van der Waals surface area contributed by atoms with Crippen LogP contribution in [0.4, 0.5) is 0 Å². The number of nitrogens with zero attached hydrogens (tertiary/aromatic N) is 1. The Bertz CT molecular complexity index is 778. The van der Waals surface area contributed by atoms with Crippen molar-refractivity contribution in [2.75, 3.05) is 19.7 Å². The van der Waals surface area contributed by atoms with E-state index in [4.69, 9.17) is 9.47 Å². The van der Waals surface area contributed by atoms with E-state index in [2.05, 4.69) is 17.9 Å². The smallest absolute Gasteiger partial charge is 0.343 e. The van der Waals surface area contributed by atoms with Crippen LogP contribution in [0, 0.1) is 0 Å². The van der Waals surface area contributed by atoms with Crippen molar-refractivity contribution in [2.45, 2.75) is 38.1 Å². The molecule has 0 saturated carbocycles. The van der Waals surface area contributed by atoms with Crippen molar-refractivity contribution in [1.29, 1.82) is 0 Å². The fourth-order valence-electron chi connectivity index (χ4n) is 4.24. The molecular weight excluding hydrogens is 362 g/mol. The molecule has 0 N–H and O–H groups in total. The molecule has 4 nitrogen and oxygen atoms in total. The highest BCUT2D eigenvalue weighted by molar-refractivity contribution is 5.91. The van der Waals surface area contributed by atoms with Crippen LogP contribution in [0.3, 0.4) is 0 Å². The highest BCUT2D eigenvalue weighted by atomic mass is 35.5. The third-order valence-corrected chi connectivity index (χ3v) is 5.42. The highest BCUT2D eigenvalue weighted by Gasteiger charge is 2.38. The van der Waals surface area contributed by atoms with E-state index in [1.807, 2.05) is 30.3 Å². The number of benzene rings is 2. The number of ether oxygens (including phenoxy) is 2. The van der Waals surface area contributed by atoms with Crippen molar-refractivity contribution in [3.8, 4) is 11.5 Å². The van der Waals surface area contributed by atoms with Gasteiger partial charge in [-0.2, -0.15) is 0 Å². The van der Waals surface area contributed by atoms with E-state index in [0.29, 0.717) is 29.9 Å². The highest BCUT2D eigenvalue weighted by Crippen LogP contribution is 2.45. The van der Waals surface area contributed by atoms with Gasteiger partial charge in [-0.25, -0.2) is 4.79 Å². The lowest BCUT2D eigenvalue weighted by molar-refractivity contribution is 0.0603.